The Morgan fingerprint density at radius 3 is 2.37 bits per heavy atom. The van der Waals surface area contributed by atoms with Crippen molar-refractivity contribution in [1.82, 2.24) is 15.0 Å². The molecule has 1 unspecified atom stereocenters. The predicted molar refractivity (Wildman–Crippen MR) is 95.8 cm³/mol. The molecule has 2 amide bonds. The molecule has 0 bridgehead atoms. The van der Waals surface area contributed by atoms with Gasteiger partial charge in [-0.3, -0.25) is 10.3 Å². The third-order valence-electron chi connectivity index (χ3n) is 5.05. The maximum absolute atomic E-state index is 15.4. The second kappa shape index (κ2) is 7.85. The van der Waals surface area contributed by atoms with Crippen LogP contribution in [0.1, 0.15) is 25.5 Å². The molecule has 0 radical (unpaired) electrons. The molecular weight excluding hydrogens is 432 g/mol. The number of nitrogens with one attached hydrogen (secondary N) is 1. The first kappa shape index (κ1) is 22.0. The van der Waals surface area contributed by atoms with Gasteiger partial charge >= 0.3 is 12.2 Å². The molecule has 1 aliphatic heterocycles. The molecule has 1 aliphatic rings. The number of halogens is 4. The van der Waals surface area contributed by atoms with Crippen molar-refractivity contribution in [2.24, 2.45) is 5.92 Å². The lowest BCUT2D eigenvalue weighted by atomic mass is 9.92. The lowest BCUT2D eigenvalue weighted by Gasteiger charge is -2.37. The number of rotatable bonds is 4. The summed E-state index contributed by atoms with van der Waals surface area (Å²) in [5, 5.41) is 3.28. The zero-order valence-electron chi connectivity index (χ0n) is 15.7. The zero-order chi connectivity index (χ0) is 22.2. The van der Waals surface area contributed by atoms with Crippen molar-refractivity contribution in [2.75, 3.05) is 18.4 Å². The summed E-state index contributed by atoms with van der Waals surface area (Å²) in [5.74, 6) is -0.754. The van der Waals surface area contributed by atoms with E-state index < -0.39 is 43.6 Å². The molecule has 0 aliphatic carbocycles. The van der Waals surface area contributed by atoms with Gasteiger partial charge in [0.1, 0.15) is 12.0 Å². The molecule has 2 aromatic heterocycles. The van der Waals surface area contributed by atoms with Crippen molar-refractivity contribution >= 4 is 21.7 Å². The molecule has 30 heavy (non-hydrogen) atoms. The topological polar surface area (TPSA) is 105 Å². The summed E-state index contributed by atoms with van der Waals surface area (Å²) in [7, 11) is -4.62. The van der Waals surface area contributed by atoms with Crippen LogP contribution in [0, 0.1) is 5.92 Å². The SMILES string of the molecule is CC(F)(C1CCN(C(=O)Nc2ccon2)CC1)S(=O)(=O)c1ccc(C(F)(F)F)nc1. The Morgan fingerprint density at radius 1 is 1.20 bits per heavy atom. The molecule has 2 aromatic rings. The van der Waals surface area contributed by atoms with Crippen molar-refractivity contribution in [1.29, 1.82) is 0 Å². The van der Waals surface area contributed by atoms with Crippen LogP contribution in [0.3, 0.4) is 0 Å². The van der Waals surface area contributed by atoms with E-state index in [2.05, 4.69) is 20.0 Å². The van der Waals surface area contributed by atoms with Crippen LogP contribution in [-0.4, -0.2) is 47.6 Å². The Hall–Kier alpha value is -2.70. The van der Waals surface area contributed by atoms with E-state index in [0.29, 0.717) is 18.3 Å². The van der Waals surface area contributed by atoms with Crippen molar-refractivity contribution < 1.29 is 35.3 Å². The molecule has 164 valence electrons. The van der Waals surface area contributed by atoms with E-state index in [1.807, 2.05) is 0 Å². The molecule has 1 atom stereocenters. The van der Waals surface area contributed by atoms with Gasteiger partial charge in [-0.25, -0.2) is 17.6 Å². The Labute approximate surface area is 169 Å². The molecule has 3 rings (SSSR count). The van der Waals surface area contributed by atoms with Crippen molar-refractivity contribution in [3.05, 3.63) is 36.4 Å². The standard InChI is InChI=1S/C17H18F4N4O4S/c1-16(18,30(27,28)12-2-3-13(22-10-12)17(19,20)21)11-4-7-25(8-5-11)15(26)23-14-6-9-29-24-14/h2-3,6,9-11H,4-5,7-8H2,1H3,(H,23,24,26). The lowest BCUT2D eigenvalue weighted by Crippen LogP contribution is -2.48. The number of pyridine rings is 1. The number of carbonyl (C=O) groups excluding carboxylic acids is 1. The van der Waals surface area contributed by atoms with E-state index in [1.165, 1.54) is 17.2 Å². The minimum Gasteiger partial charge on any atom is -0.363 e. The smallest absolute Gasteiger partial charge is 0.363 e. The number of urea groups is 1. The first-order valence-electron chi connectivity index (χ1n) is 8.86. The van der Waals surface area contributed by atoms with Gasteiger partial charge in [-0.15, -0.1) is 0 Å². The van der Waals surface area contributed by atoms with Crippen LogP contribution in [-0.2, 0) is 16.0 Å². The van der Waals surface area contributed by atoms with Gasteiger partial charge in [0, 0.05) is 31.3 Å². The maximum Gasteiger partial charge on any atom is 0.433 e. The minimum absolute atomic E-state index is 0.0481. The Kier molecular flexibility index (Phi) is 5.76. The lowest BCUT2D eigenvalue weighted by molar-refractivity contribution is -0.141. The molecule has 0 aromatic carbocycles. The normalized spacial score (nSPS) is 18.1. The number of nitrogens with zero attached hydrogens (tertiary/aromatic N) is 3. The molecule has 8 nitrogen and oxygen atoms in total. The van der Waals surface area contributed by atoms with Crippen molar-refractivity contribution in [2.45, 2.75) is 35.8 Å². The summed E-state index contributed by atoms with van der Waals surface area (Å²) >= 11 is 0. The Balaban J connectivity index is 1.68. The van der Waals surface area contributed by atoms with Gasteiger partial charge in [0.05, 0.1) is 4.90 Å². The van der Waals surface area contributed by atoms with Crippen molar-refractivity contribution in [3.8, 4) is 0 Å². The zero-order valence-corrected chi connectivity index (χ0v) is 16.5. The van der Waals surface area contributed by atoms with E-state index in [4.69, 9.17) is 0 Å². The summed E-state index contributed by atoms with van der Waals surface area (Å²) in [6.45, 7) is 1.07. The number of piperidine rings is 1. The quantitative estimate of drug-likeness (QED) is 0.715. The molecule has 1 fully saturated rings. The third-order valence-corrected chi connectivity index (χ3v) is 7.29. The molecular formula is C17H18F4N4O4S. The average molecular weight is 450 g/mol. The number of amides is 2. The fourth-order valence-electron chi connectivity index (χ4n) is 3.22. The molecule has 0 saturated carbocycles. The van der Waals surface area contributed by atoms with E-state index in [-0.39, 0.29) is 31.7 Å². The minimum atomic E-state index is -4.74. The first-order chi connectivity index (χ1) is 13.9. The van der Waals surface area contributed by atoms with E-state index in [0.717, 1.165) is 6.92 Å². The van der Waals surface area contributed by atoms with Crippen LogP contribution in [0.25, 0.3) is 0 Å². The number of likely N-dealkylation sites (tertiary alicyclic amines) is 1. The Morgan fingerprint density at radius 2 is 1.87 bits per heavy atom. The highest BCUT2D eigenvalue weighted by atomic mass is 32.2. The van der Waals surface area contributed by atoms with Gasteiger partial charge in [-0.05, 0) is 31.9 Å². The summed E-state index contributed by atoms with van der Waals surface area (Å²) in [4.78, 5) is 16.0. The highest BCUT2D eigenvalue weighted by molar-refractivity contribution is 7.92. The largest absolute Gasteiger partial charge is 0.433 e. The van der Waals surface area contributed by atoms with Gasteiger partial charge in [0.25, 0.3) is 0 Å². The highest BCUT2D eigenvalue weighted by Gasteiger charge is 2.49. The van der Waals surface area contributed by atoms with Crippen LogP contribution < -0.4 is 5.32 Å². The fourth-order valence-corrected chi connectivity index (χ4v) is 4.79. The molecule has 1 saturated heterocycles. The van der Waals surface area contributed by atoms with Gasteiger partial charge in [0.2, 0.25) is 14.8 Å². The monoisotopic (exact) mass is 450 g/mol. The second-order valence-electron chi connectivity index (χ2n) is 6.94. The number of hydrogen-bond acceptors (Lipinski definition) is 6. The summed E-state index contributed by atoms with van der Waals surface area (Å²) in [6, 6.07) is 2.15. The summed E-state index contributed by atoms with van der Waals surface area (Å²) < 4.78 is 83.4. The maximum atomic E-state index is 15.4. The van der Waals surface area contributed by atoms with Gasteiger partial charge in [-0.1, -0.05) is 5.16 Å². The number of alkyl halides is 4. The van der Waals surface area contributed by atoms with E-state index in [1.54, 1.807) is 0 Å². The average Bonchev–Trinajstić information content (AvgIpc) is 3.20. The summed E-state index contributed by atoms with van der Waals surface area (Å²) in [5.41, 5.74) is -1.27. The molecule has 1 N–H and O–H groups in total. The van der Waals surface area contributed by atoms with Crippen LogP contribution in [0.4, 0.5) is 28.2 Å². The van der Waals surface area contributed by atoms with E-state index in [9.17, 15) is 26.4 Å². The second-order valence-corrected chi connectivity index (χ2v) is 9.22. The van der Waals surface area contributed by atoms with Crippen molar-refractivity contribution in [3.63, 3.8) is 0 Å². The van der Waals surface area contributed by atoms with Gasteiger partial charge < -0.3 is 9.42 Å². The van der Waals surface area contributed by atoms with Gasteiger partial charge in [-0.2, -0.15) is 13.2 Å². The van der Waals surface area contributed by atoms with E-state index >= 15 is 4.39 Å². The van der Waals surface area contributed by atoms with Crippen LogP contribution >= 0.6 is 0 Å². The fraction of sp³-hybridized carbons (Fsp3) is 0.471. The van der Waals surface area contributed by atoms with Crippen LogP contribution in [0.2, 0.25) is 0 Å². The predicted octanol–water partition coefficient (Wildman–Crippen LogP) is 3.49. The number of aromatic nitrogens is 2. The summed E-state index contributed by atoms with van der Waals surface area (Å²) in [6.07, 6.45) is -2.85. The molecule has 13 heteroatoms. The number of anilines is 1. The molecule has 0 spiro atoms. The highest BCUT2D eigenvalue weighted by Crippen LogP contribution is 2.39. The number of hydrogen-bond donors (Lipinski definition) is 1. The number of sulfone groups is 1. The molecule has 3 heterocycles. The van der Waals surface area contributed by atoms with Crippen LogP contribution in [0.5, 0.6) is 0 Å². The Bertz CT molecular complexity index is 984. The number of carbonyl (C=O) groups is 1. The van der Waals surface area contributed by atoms with Gasteiger partial charge in [0.15, 0.2) is 5.82 Å². The van der Waals surface area contributed by atoms with Crippen LogP contribution in [0.15, 0.2) is 40.1 Å². The third kappa shape index (κ3) is 4.25. The first-order valence-corrected chi connectivity index (χ1v) is 10.3.